The minimum Gasteiger partial charge on any atom is -0.479 e. The molecule has 2 amide bonds. The van der Waals surface area contributed by atoms with Gasteiger partial charge in [0.15, 0.2) is 17.8 Å². The van der Waals surface area contributed by atoms with Crippen LogP contribution in [0.4, 0.5) is 0 Å². The second-order valence-electron chi connectivity index (χ2n) is 9.11. The Kier molecular flexibility index (Phi) is 15.1. The van der Waals surface area contributed by atoms with Crippen molar-refractivity contribution in [2.75, 3.05) is 33.3 Å². The topological polar surface area (TPSA) is 217 Å². The molecule has 10 N–H and O–H groups in total. The van der Waals surface area contributed by atoms with Gasteiger partial charge in [0.05, 0.1) is 19.2 Å². The van der Waals surface area contributed by atoms with Crippen LogP contribution in [-0.4, -0.2) is 80.3 Å². The number of nitrogens with zero attached hydrogens (tertiary/aromatic N) is 3. The summed E-state index contributed by atoms with van der Waals surface area (Å²) in [5.74, 6) is -0.665. The van der Waals surface area contributed by atoms with Crippen molar-refractivity contribution in [1.29, 1.82) is 0 Å². The number of aldehydes is 1. The van der Waals surface area contributed by atoms with E-state index in [0.29, 0.717) is 58.1 Å². The SMILES string of the molecule is C=C(N[C@H](CCCN=C(N)N)C(=O)N(C)CC(=O)NC(C=O)CCCN=C(N)N)OCCc1ccc(C)cc1. The van der Waals surface area contributed by atoms with E-state index in [0.717, 1.165) is 5.56 Å². The average molecular weight is 546 g/mol. The minimum atomic E-state index is -0.731. The second kappa shape index (κ2) is 18.0. The Morgan fingerprint density at radius 3 is 2.18 bits per heavy atom. The van der Waals surface area contributed by atoms with Crippen molar-refractivity contribution in [2.24, 2.45) is 32.9 Å². The smallest absolute Gasteiger partial charge is 0.245 e. The van der Waals surface area contributed by atoms with Crippen LogP contribution in [0.15, 0.2) is 46.7 Å². The largest absolute Gasteiger partial charge is 0.479 e. The summed E-state index contributed by atoms with van der Waals surface area (Å²) in [5, 5.41) is 5.62. The lowest BCUT2D eigenvalue weighted by Gasteiger charge is -2.26. The van der Waals surface area contributed by atoms with Gasteiger partial charge in [-0.05, 0) is 44.7 Å². The number of ether oxygens (including phenoxy) is 1. The lowest BCUT2D eigenvalue weighted by Crippen LogP contribution is -2.49. The first-order valence-corrected chi connectivity index (χ1v) is 12.8. The number of hydrogen-bond donors (Lipinski definition) is 6. The van der Waals surface area contributed by atoms with Gasteiger partial charge in [0.1, 0.15) is 12.3 Å². The number of amides is 2. The zero-order chi connectivity index (χ0) is 29.2. The highest BCUT2D eigenvalue weighted by Gasteiger charge is 2.24. The summed E-state index contributed by atoms with van der Waals surface area (Å²) in [7, 11) is 1.50. The molecule has 0 radical (unpaired) electrons. The third-order valence-corrected chi connectivity index (χ3v) is 5.60. The molecule has 0 bridgehead atoms. The van der Waals surface area contributed by atoms with Gasteiger partial charge in [-0.15, -0.1) is 0 Å². The maximum Gasteiger partial charge on any atom is 0.245 e. The van der Waals surface area contributed by atoms with Crippen LogP contribution < -0.4 is 33.6 Å². The predicted octanol–water partition coefficient (Wildman–Crippen LogP) is -0.767. The predicted molar refractivity (Wildman–Crippen MR) is 152 cm³/mol. The van der Waals surface area contributed by atoms with E-state index < -0.39 is 18.0 Å². The maximum atomic E-state index is 13.2. The van der Waals surface area contributed by atoms with Crippen molar-refractivity contribution in [2.45, 2.75) is 51.1 Å². The molecule has 0 aliphatic rings. The molecular formula is C26H43N9O4. The van der Waals surface area contributed by atoms with Crippen molar-refractivity contribution in [3.05, 3.63) is 47.9 Å². The number of rotatable bonds is 19. The fourth-order valence-electron chi connectivity index (χ4n) is 3.55. The fraction of sp³-hybridized carbons (Fsp3) is 0.500. The first-order chi connectivity index (χ1) is 18.5. The van der Waals surface area contributed by atoms with Crippen LogP contribution in [0, 0.1) is 6.92 Å². The van der Waals surface area contributed by atoms with Crippen LogP contribution in [0.25, 0.3) is 0 Å². The molecule has 1 unspecified atom stereocenters. The summed E-state index contributed by atoms with van der Waals surface area (Å²) in [5.41, 5.74) is 23.6. The van der Waals surface area contributed by atoms with Crippen LogP contribution in [0.5, 0.6) is 0 Å². The molecular weight excluding hydrogens is 502 g/mol. The zero-order valence-corrected chi connectivity index (χ0v) is 22.9. The second-order valence-corrected chi connectivity index (χ2v) is 9.11. The molecule has 13 nitrogen and oxygen atoms in total. The number of likely N-dealkylation sites (N-methyl/N-ethyl adjacent to an activating group) is 1. The van der Waals surface area contributed by atoms with E-state index in [-0.39, 0.29) is 30.3 Å². The molecule has 0 aliphatic carbocycles. The third-order valence-electron chi connectivity index (χ3n) is 5.60. The normalized spacial score (nSPS) is 11.8. The number of benzene rings is 1. The summed E-state index contributed by atoms with van der Waals surface area (Å²) < 4.78 is 5.70. The average Bonchev–Trinajstić information content (AvgIpc) is 2.88. The molecule has 39 heavy (non-hydrogen) atoms. The standard InChI is InChI=1S/C26H43N9O4/c1-18-8-10-20(11-9-18)12-15-39-19(2)33-22(7-5-14-32-26(29)30)24(38)35(3)16-23(37)34-21(17-36)6-4-13-31-25(27)28/h8-11,17,21-22,33H,2,4-7,12-16H2,1,3H3,(H,34,37)(H4,27,28,31)(H4,29,30,32)/t21?,22-/m1/s1. The summed E-state index contributed by atoms with van der Waals surface area (Å²) in [4.78, 5) is 46.1. The van der Waals surface area contributed by atoms with E-state index in [1.165, 1.54) is 17.5 Å². The van der Waals surface area contributed by atoms with Gasteiger partial charge in [-0.1, -0.05) is 29.8 Å². The van der Waals surface area contributed by atoms with Crippen molar-refractivity contribution in [3.8, 4) is 0 Å². The third kappa shape index (κ3) is 14.9. The lowest BCUT2D eigenvalue weighted by atomic mass is 10.1. The summed E-state index contributed by atoms with van der Waals surface area (Å²) in [6.07, 6.45) is 3.04. The number of carbonyl (C=O) groups is 3. The first kappa shape index (κ1) is 32.7. The van der Waals surface area contributed by atoms with Crippen molar-refractivity contribution in [3.63, 3.8) is 0 Å². The van der Waals surface area contributed by atoms with Gasteiger partial charge in [0.25, 0.3) is 0 Å². The molecule has 0 saturated heterocycles. The number of carbonyl (C=O) groups excluding carboxylic acids is 3. The number of guanidine groups is 2. The van der Waals surface area contributed by atoms with Crippen molar-refractivity contribution >= 4 is 30.0 Å². The van der Waals surface area contributed by atoms with Crippen molar-refractivity contribution < 1.29 is 19.1 Å². The van der Waals surface area contributed by atoms with Crippen LogP contribution >= 0.6 is 0 Å². The Hall–Kier alpha value is -4.29. The van der Waals surface area contributed by atoms with Gasteiger partial charge < -0.3 is 48.0 Å². The Morgan fingerprint density at radius 1 is 1.03 bits per heavy atom. The van der Waals surface area contributed by atoms with E-state index in [2.05, 4.69) is 27.2 Å². The highest BCUT2D eigenvalue weighted by Crippen LogP contribution is 2.08. The molecule has 0 spiro atoms. The van der Waals surface area contributed by atoms with Crippen molar-refractivity contribution in [1.82, 2.24) is 15.5 Å². The molecule has 0 heterocycles. The molecule has 0 fully saturated rings. The first-order valence-electron chi connectivity index (χ1n) is 12.8. The molecule has 1 aromatic rings. The molecule has 2 atom stereocenters. The van der Waals surface area contributed by atoms with E-state index in [9.17, 15) is 14.4 Å². The Morgan fingerprint density at radius 2 is 1.62 bits per heavy atom. The van der Waals surface area contributed by atoms with Gasteiger partial charge in [-0.2, -0.15) is 0 Å². The molecule has 1 aromatic carbocycles. The number of nitrogens with one attached hydrogen (secondary N) is 2. The van der Waals surface area contributed by atoms with Gasteiger partial charge in [0.2, 0.25) is 11.8 Å². The quantitative estimate of drug-likeness (QED) is 0.0422. The number of aryl methyl sites for hydroxylation is 1. The maximum absolute atomic E-state index is 13.2. The van der Waals surface area contributed by atoms with Crippen LogP contribution in [0.3, 0.4) is 0 Å². The van der Waals surface area contributed by atoms with Gasteiger partial charge >= 0.3 is 0 Å². The Balaban J connectivity index is 2.67. The monoisotopic (exact) mass is 545 g/mol. The van der Waals surface area contributed by atoms with E-state index in [1.54, 1.807) is 0 Å². The minimum absolute atomic E-state index is 0.0356. The summed E-state index contributed by atoms with van der Waals surface area (Å²) in [6, 6.07) is 6.68. The van der Waals surface area contributed by atoms with Crippen LogP contribution in [0.2, 0.25) is 0 Å². The van der Waals surface area contributed by atoms with E-state index in [4.69, 9.17) is 27.7 Å². The number of hydrogen-bond acceptors (Lipinski definition) is 7. The zero-order valence-electron chi connectivity index (χ0n) is 22.9. The fourth-order valence-corrected chi connectivity index (χ4v) is 3.55. The molecule has 1 rings (SSSR count). The molecule has 13 heteroatoms. The van der Waals surface area contributed by atoms with Crippen LogP contribution in [-0.2, 0) is 25.5 Å². The Bertz CT molecular complexity index is 988. The van der Waals surface area contributed by atoms with E-state index in [1.807, 2.05) is 31.2 Å². The summed E-state index contributed by atoms with van der Waals surface area (Å²) >= 11 is 0. The summed E-state index contributed by atoms with van der Waals surface area (Å²) in [6.45, 7) is 6.70. The number of nitrogens with two attached hydrogens (primary N) is 4. The number of aliphatic imine (C=N–C) groups is 2. The van der Waals surface area contributed by atoms with Gasteiger partial charge in [-0.25, -0.2) is 0 Å². The molecule has 0 aromatic heterocycles. The van der Waals surface area contributed by atoms with E-state index >= 15 is 0 Å². The van der Waals surface area contributed by atoms with Gasteiger partial charge in [-0.3, -0.25) is 19.6 Å². The molecule has 216 valence electrons. The highest BCUT2D eigenvalue weighted by atomic mass is 16.5. The lowest BCUT2D eigenvalue weighted by molar-refractivity contribution is -0.137. The Labute approximate surface area is 230 Å². The van der Waals surface area contributed by atoms with Crippen LogP contribution in [0.1, 0.15) is 36.8 Å². The molecule has 0 saturated carbocycles. The molecule has 0 aliphatic heterocycles. The van der Waals surface area contributed by atoms with Gasteiger partial charge in [0, 0.05) is 26.6 Å². The highest BCUT2D eigenvalue weighted by molar-refractivity contribution is 5.88.